The lowest BCUT2D eigenvalue weighted by atomic mass is 10.2. The van der Waals surface area contributed by atoms with Crippen LogP contribution >= 0.6 is 0 Å². The van der Waals surface area contributed by atoms with E-state index in [1.165, 1.54) is 21.5 Å². The third-order valence-electron chi connectivity index (χ3n) is 4.49. The quantitative estimate of drug-likeness (QED) is 0.793. The second-order valence-electron chi connectivity index (χ2n) is 6.50. The molecule has 1 aliphatic rings. The van der Waals surface area contributed by atoms with E-state index in [0.29, 0.717) is 5.56 Å². The van der Waals surface area contributed by atoms with Gasteiger partial charge in [-0.25, -0.2) is 13.4 Å². The topological polar surface area (TPSA) is 53.5 Å². The van der Waals surface area contributed by atoms with Gasteiger partial charge in [0.2, 0.25) is 10.0 Å². The molecule has 1 aliphatic heterocycles. The summed E-state index contributed by atoms with van der Waals surface area (Å²) >= 11 is 0. The van der Waals surface area contributed by atoms with E-state index < -0.39 is 21.8 Å². The molecular formula is C18H20F3N3O2S. The highest BCUT2D eigenvalue weighted by Crippen LogP contribution is 2.35. The maximum atomic E-state index is 13.2. The number of anilines is 1. The van der Waals surface area contributed by atoms with E-state index in [0.717, 1.165) is 11.6 Å². The number of aryl methyl sites for hydroxylation is 1. The summed E-state index contributed by atoms with van der Waals surface area (Å²) in [6, 6.07) is 9.47. The minimum Gasteiger partial charge on any atom is -0.353 e. The van der Waals surface area contributed by atoms with Crippen molar-refractivity contribution in [2.45, 2.75) is 18.9 Å². The number of halogens is 3. The molecule has 1 fully saturated rings. The van der Waals surface area contributed by atoms with Crippen molar-refractivity contribution in [2.75, 3.05) is 31.1 Å². The first-order valence-electron chi connectivity index (χ1n) is 8.47. The number of piperazine rings is 1. The number of pyridine rings is 1. The molecule has 0 unspecified atom stereocenters. The molecule has 0 N–H and O–H groups in total. The van der Waals surface area contributed by atoms with E-state index in [9.17, 15) is 21.6 Å². The first-order valence-corrected chi connectivity index (χ1v) is 10.1. The van der Waals surface area contributed by atoms with Gasteiger partial charge >= 0.3 is 6.18 Å². The Labute approximate surface area is 156 Å². The van der Waals surface area contributed by atoms with Gasteiger partial charge in [-0.3, -0.25) is 0 Å². The molecule has 0 aliphatic carbocycles. The van der Waals surface area contributed by atoms with E-state index >= 15 is 0 Å². The van der Waals surface area contributed by atoms with Crippen LogP contribution in [0.3, 0.4) is 0 Å². The monoisotopic (exact) mass is 399 g/mol. The average molecular weight is 399 g/mol. The van der Waals surface area contributed by atoms with Crippen molar-refractivity contribution in [1.82, 2.24) is 9.29 Å². The molecular weight excluding hydrogens is 379 g/mol. The molecule has 1 aromatic carbocycles. The molecule has 2 heterocycles. The lowest BCUT2D eigenvalue weighted by Crippen LogP contribution is -2.49. The number of aromatic nitrogens is 1. The lowest BCUT2D eigenvalue weighted by molar-refractivity contribution is -0.137. The Kier molecular flexibility index (Phi) is 5.43. The molecule has 146 valence electrons. The van der Waals surface area contributed by atoms with E-state index in [2.05, 4.69) is 4.98 Å². The number of sulfonamides is 1. The van der Waals surface area contributed by atoms with Gasteiger partial charge in [-0.05, 0) is 24.6 Å². The van der Waals surface area contributed by atoms with Crippen LogP contribution < -0.4 is 4.90 Å². The highest BCUT2D eigenvalue weighted by Gasteiger charge is 2.37. The Morgan fingerprint density at radius 3 is 2.26 bits per heavy atom. The van der Waals surface area contributed by atoms with Gasteiger partial charge in [-0.2, -0.15) is 17.5 Å². The molecule has 0 saturated carbocycles. The van der Waals surface area contributed by atoms with Crippen molar-refractivity contribution in [3.63, 3.8) is 0 Å². The predicted molar refractivity (Wildman–Crippen MR) is 96.8 cm³/mol. The Bertz CT molecular complexity index is 891. The van der Waals surface area contributed by atoms with Gasteiger partial charge in [-0.1, -0.05) is 29.8 Å². The fourth-order valence-corrected chi connectivity index (χ4v) is 4.55. The highest BCUT2D eigenvalue weighted by molar-refractivity contribution is 7.88. The van der Waals surface area contributed by atoms with E-state index in [1.54, 1.807) is 12.1 Å². The zero-order chi connectivity index (χ0) is 19.7. The number of hydrogen-bond acceptors (Lipinski definition) is 4. The van der Waals surface area contributed by atoms with Gasteiger partial charge in [0.1, 0.15) is 5.82 Å². The maximum Gasteiger partial charge on any atom is 0.419 e. The Morgan fingerprint density at radius 2 is 1.67 bits per heavy atom. The summed E-state index contributed by atoms with van der Waals surface area (Å²) in [5.41, 5.74) is 0.925. The summed E-state index contributed by atoms with van der Waals surface area (Å²) in [6.45, 7) is 2.49. The van der Waals surface area contributed by atoms with Gasteiger partial charge in [0.15, 0.2) is 0 Å². The Morgan fingerprint density at radius 1 is 1.04 bits per heavy atom. The number of hydrogen-bond donors (Lipinski definition) is 0. The maximum absolute atomic E-state index is 13.2. The summed E-state index contributed by atoms with van der Waals surface area (Å²) in [6.07, 6.45) is -3.19. The lowest BCUT2D eigenvalue weighted by Gasteiger charge is -2.35. The van der Waals surface area contributed by atoms with Crippen LogP contribution in [-0.4, -0.2) is 43.9 Å². The molecule has 3 rings (SSSR count). The molecule has 5 nitrogen and oxygen atoms in total. The predicted octanol–water partition coefficient (Wildman–Crippen LogP) is 3.06. The molecule has 0 bridgehead atoms. The summed E-state index contributed by atoms with van der Waals surface area (Å²) in [5, 5.41) is 0. The molecule has 0 radical (unpaired) electrons. The van der Waals surface area contributed by atoms with Crippen molar-refractivity contribution in [3.05, 3.63) is 59.3 Å². The molecule has 0 atom stereocenters. The third-order valence-corrected chi connectivity index (χ3v) is 6.34. The third kappa shape index (κ3) is 4.59. The van der Waals surface area contributed by atoms with Crippen LogP contribution in [0, 0.1) is 6.92 Å². The van der Waals surface area contributed by atoms with Crippen LogP contribution in [0.15, 0.2) is 42.6 Å². The van der Waals surface area contributed by atoms with Crippen molar-refractivity contribution < 1.29 is 21.6 Å². The number of nitrogens with zero attached hydrogens (tertiary/aromatic N) is 3. The molecule has 1 saturated heterocycles. The minimum absolute atomic E-state index is 0.120. The Balaban J connectivity index is 1.69. The van der Waals surface area contributed by atoms with Gasteiger partial charge in [0.05, 0.1) is 11.3 Å². The zero-order valence-corrected chi connectivity index (χ0v) is 15.6. The van der Waals surface area contributed by atoms with Gasteiger partial charge in [-0.15, -0.1) is 0 Å². The number of rotatable bonds is 4. The van der Waals surface area contributed by atoms with Crippen molar-refractivity contribution >= 4 is 15.8 Å². The van der Waals surface area contributed by atoms with Crippen molar-refractivity contribution in [1.29, 1.82) is 0 Å². The smallest absolute Gasteiger partial charge is 0.353 e. The largest absolute Gasteiger partial charge is 0.419 e. The molecule has 1 aromatic heterocycles. The van der Waals surface area contributed by atoms with Crippen LogP contribution in [0.2, 0.25) is 0 Å². The van der Waals surface area contributed by atoms with E-state index in [-0.39, 0.29) is 37.7 Å². The molecule has 0 amide bonds. The summed E-state index contributed by atoms with van der Waals surface area (Å²) in [7, 11) is -3.53. The summed E-state index contributed by atoms with van der Waals surface area (Å²) in [4.78, 5) is 5.36. The van der Waals surface area contributed by atoms with Gasteiger partial charge in [0, 0.05) is 32.4 Å². The molecule has 2 aromatic rings. The van der Waals surface area contributed by atoms with E-state index in [4.69, 9.17) is 0 Å². The first-order chi connectivity index (χ1) is 12.7. The Hall–Kier alpha value is -2.13. The first kappa shape index (κ1) is 19.6. The zero-order valence-electron chi connectivity index (χ0n) is 14.8. The van der Waals surface area contributed by atoms with Crippen molar-refractivity contribution in [2.24, 2.45) is 0 Å². The average Bonchev–Trinajstić information content (AvgIpc) is 2.63. The standard InChI is InChI=1S/C18H20F3N3O2S/c1-14-4-6-15(7-5-14)13-27(25,26)24-11-9-23(10-12-24)17-16(18(19,20)21)3-2-8-22-17/h2-8H,9-13H2,1H3. The molecule has 0 spiro atoms. The molecule has 27 heavy (non-hydrogen) atoms. The number of alkyl halides is 3. The molecule has 9 heteroatoms. The van der Waals surface area contributed by atoms with Crippen LogP contribution in [-0.2, 0) is 22.0 Å². The fourth-order valence-electron chi connectivity index (χ4n) is 3.03. The van der Waals surface area contributed by atoms with Gasteiger partial charge in [0.25, 0.3) is 0 Å². The summed E-state index contributed by atoms with van der Waals surface area (Å²) < 4.78 is 66.1. The normalized spacial score (nSPS) is 16.5. The fraction of sp³-hybridized carbons (Fsp3) is 0.389. The number of benzene rings is 1. The van der Waals surface area contributed by atoms with Crippen LogP contribution in [0.1, 0.15) is 16.7 Å². The summed E-state index contributed by atoms with van der Waals surface area (Å²) in [5.74, 6) is -0.273. The van der Waals surface area contributed by atoms with Crippen LogP contribution in [0.25, 0.3) is 0 Å². The SMILES string of the molecule is Cc1ccc(CS(=O)(=O)N2CCN(c3ncccc3C(F)(F)F)CC2)cc1. The van der Waals surface area contributed by atoms with Crippen LogP contribution in [0.5, 0.6) is 0 Å². The van der Waals surface area contributed by atoms with Crippen LogP contribution in [0.4, 0.5) is 19.0 Å². The van der Waals surface area contributed by atoms with Crippen molar-refractivity contribution in [3.8, 4) is 0 Å². The van der Waals surface area contributed by atoms with Gasteiger partial charge < -0.3 is 4.90 Å². The second-order valence-corrected chi connectivity index (χ2v) is 8.47. The second kappa shape index (κ2) is 7.47. The highest BCUT2D eigenvalue weighted by atomic mass is 32.2. The minimum atomic E-state index is -4.50. The van der Waals surface area contributed by atoms with E-state index in [1.807, 2.05) is 19.1 Å².